The quantitative estimate of drug-likeness (QED) is 0.0327. The van der Waals surface area contributed by atoms with Gasteiger partial charge in [0.15, 0.2) is 27.3 Å². The van der Waals surface area contributed by atoms with E-state index in [0.717, 1.165) is 42.5 Å². The van der Waals surface area contributed by atoms with Gasteiger partial charge in [-0.3, -0.25) is 27.6 Å². The maximum Gasteiger partial charge on any atom is 0.398 e. The number of fused-ring (bicyclic) bond motifs is 2. The lowest BCUT2D eigenvalue weighted by atomic mass is 10.1. The van der Waals surface area contributed by atoms with Crippen LogP contribution in [0.25, 0.3) is 21.5 Å². The zero-order chi connectivity index (χ0) is 51.9. The van der Waals surface area contributed by atoms with Gasteiger partial charge in [-0.15, -0.1) is 26.9 Å². The molecule has 0 fully saturated rings. The number of rotatable bonds is 19. The third-order valence-corrected chi connectivity index (χ3v) is 16.8. The van der Waals surface area contributed by atoms with Crippen LogP contribution in [-0.2, 0) is 79.5 Å². The first-order chi connectivity index (χ1) is 31.6. The summed E-state index contributed by atoms with van der Waals surface area (Å²) in [4.78, 5) is 6.59. The number of hydrogen-bond donors (Lipinski definition) is 8. The molecule has 1 amide bonds. The number of benzene rings is 5. The highest BCUT2D eigenvalue weighted by molar-refractivity contribution is 7.92. The van der Waals surface area contributed by atoms with E-state index in [-0.39, 0.29) is 18.0 Å². The number of azo groups is 2. The van der Waals surface area contributed by atoms with Gasteiger partial charge in [0, 0.05) is 33.8 Å². The predicted octanol–water partition coefficient (Wildman–Crippen LogP) is 4.14. The Balaban J connectivity index is 1.63. The number of hydrogen-bond acceptors (Lipinski definition) is 22. The van der Waals surface area contributed by atoms with Crippen LogP contribution in [0.1, 0.15) is 12.8 Å². The third-order valence-electron chi connectivity index (χ3n) is 9.01. The third kappa shape index (κ3) is 13.1. The number of nitrogens with zero attached hydrogens (tertiary/aromatic N) is 4. The van der Waals surface area contributed by atoms with Crippen molar-refractivity contribution >= 4 is 138 Å². The molecule has 0 saturated heterocycles. The maximum atomic E-state index is 12.9. The van der Waals surface area contributed by atoms with Gasteiger partial charge in [0.1, 0.15) is 36.6 Å². The Kier molecular flexibility index (Phi) is 15.6. The molecule has 0 aliphatic rings. The van der Waals surface area contributed by atoms with Gasteiger partial charge in [-0.1, -0.05) is 0 Å². The Morgan fingerprint density at radius 1 is 0.580 bits per heavy atom. The maximum absolute atomic E-state index is 12.9. The van der Waals surface area contributed by atoms with Crippen LogP contribution in [0, 0.1) is 0 Å². The molecule has 8 N–H and O–H groups in total. The second kappa shape index (κ2) is 19.8. The molecule has 374 valence electrons. The number of aromatic hydroxyl groups is 2. The van der Waals surface area contributed by atoms with Gasteiger partial charge in [-0.25, -0.2) is 21.0 Å². The number of phenols is 2. The number of halogens is 1. The average molecular weight is 1120 g/mol. The van der Waals surface area contributed by atoms with Crippen LogP contribution >= 0.6 is 11.6 Å². The largest absolute Gasteiger partial charge is 0.505 e. The molecule has 5 aromatic carbocycles. The van der Waals surface area contributed by atoms with Crippen LogP contribution in [0.3, 0.4) is 0 Å². The van der Waals surface area contributed by atoms with E-state index in [0.29, 0.717) is 18.2 Å². The summed E-state index contributed by atoms with van der Waals surface area (Å²) in [5.74, 6) is -6.21. The Labute approximate surface area is 395 Å². The van der Waals surface area contributed by atoms with Crippen LogP contribution in [0.2, 0.25) is 0 Å². The second-order valence-electron chi connectivity index (χ2n) is 13.8. The van der Waals surface area contributed by atoms with E-state index in [1.165, 1.54) is 0 Å². The average Bonchev–Trinajstić information content (AvgIpc) is 3.20. The summed E-state index contributed by atoms with van der Waals surface area (Å²) in [7, 11) is -35.7. The molecule has 0 saturated carbocycles. The van der Waals surface area contributed by atoms with Crippen LogP contribution < -0.4 is 5.32 Å². The van der Waals surface area contributed by atoms with Crippen molar-refractivity contribution < 1.29 is 101 Å². The Morgan fingerprint density at radius 2 is 1.07 bits per heavy atom. The first-order valence-electron chi connectivity index (χ1n) is 18.0. The van der Waals surface area contributed by atoms with E-state index in [2.05, 4.69) is 30.0 Å². The zero-order valence-corrected chi connectivity index (χ0v) is 40.2. The monoisotopic (exact) mass is 1120 g/mol. The predicted molar refractivity (Wildman–Crippen MR) is 237 cm³/mol. The number of phenolic OH excluding ortho intramolecular Hbond substituents is 2. The van der Waals surface area contributed by atoms with Crippen molar-refractivity contribution in [3.63, 3.8) is 0 Å². The van der Waals surface area contributed by atoms with Crippen molar-refractivity contribution in [3.8, 4) is 11.5 Å². The molecular weight excluding hydrogens is 1090 g/mol. The van der Waals surface area contributed by atoms with E-state index in [1.807, 2.05) is 0 Å². The highest BCUT2D eigenvalue weighted by Crippen LogP contribution is 2.48. The van der Waals surface area contributed by atoms with Crippen molar-refractivity contribution in [3.05, 3.63) is 60.7 Å². The number of alkyl halides is 1. The first kappa shape index (κ1) is 54.5. The van der Waals surface area contributed by atoms with Gasteiger partial charge >= 0.3 is 10.4 Å². The topological polar surface area (TPSA) is 468 Å². The molecule has 28 nitrogen and oxygen atoms in total. The smallest absolute Gasteiger partial charge is 0.398 e. The van der Waals surface area contributed by atoms with Crippen LogP contribution in [-0.4, -0.2) is 121 Å². The van der Waals surface area contributed by atoms with Crippen molar-refractivity contribution in [1.82, 2.24) is 0 Å². The van der Waals surface area contributed by atoms with Crippen LogP contribution in [0.4, 0.5) is 28.4 Å². The van der Waals surface area contributed by atoms with Gasteiger partial charge in [-0.05, 0) is 67.1 Å². The lowest BCUT2D eigenvalue weighted by Gasteiger charge is -2.15. The molecule has 0 aliphatic heterocycles. The molecule has 0 unspecified atom stereocenters. The normalized spacial score (nSPS) is 13.5. The van der Waals surface area contributed by atoms with E-state index in [9.17, 15) is 92.1 Å². The molecule has 5 aromatic rings. The highest BCUT2D eigenvalue weighted by Gasteiger charge is 2.31. The second-order valence-corrected chi connectivity index (χ2v) is 25.0. The minimum atomic E-state index is -5.67. The van der Waals surface area contributed by atoms with E-state index >= 15 is 0 Å². The molecule has 0 aromatic heterocycles. The lowest BCUT2D eigenvalue weighted by molar-refractivity contribution is -0.116. The van der Waals surface area contributed by atoms with Gasteiger partial charge in [-0.2, -0.15) is 47.2 Å². The SMILES string of the molecule is O=C(CCCS(=O)(=O)CCCl)Nc1ccc2c(O)c(N=Nc3ccc4c(O)c(N=Nc5ccc(S(=O)(=O)COS(=O)(=O)O)cc5)c(S(=O)(=O)O)cc4c3S(=O)(=O)O)c(S(=O)(=O)O)cc2c1S(=O)(=O)O. The van der Waals surface area contributed by atoms with Gasteiger partial charge < -0.3 is 15.5 Å². The fourth-order valence-electron chi connectivity index (χ4n) is 6.10. The van der Waals surface area contributed by atoms with Gasteiger partial charge in [0.05, 0.1) is 27.8 Å². The van der Waals surface area contributed by atoms with Crippen LogP contribution in [0.5, 0.6) is 11.5 Å². The fraction of sp³-hybridized carbons (Fsp3) is 0.182. The van der Waals surface area contributed by atoms with Crippen LogP contribution in [0.15, 0.2) is 106 Å². The van der Waals surface area contributed by atoms with Crippen molar-refractivity contribution in [2.75, 3.05) is 28.6 Å². The molecule has 0 bridgehead atoms. The number of sulfone groups is 2. The van der Waals surface area contributed by atoms with E-state index in [4.69, 9.17) is 16.2 Å². The number of amides is 1. The Morgan fingerprint density at radius 3 is 1.55 bits per heavy atom. The number of nitrogens with one attached hydrogen (secondary N) is 1. The highest BCUT2D eigenvalue weighted by atomic mass is 35.5. The summed E-state index contributed by atoms with van der Waals surface area (Å²) in [5.41, 5.74) is -4.40. The molecule has 0 heterocycles. The molecule has 5 rings (SSSR count). The molecule has 0 aliphatic carbocycles. The summed E-state index contributed by atoms with van der Waals surface area (Å²) in [6, 6.07) is 7.35. The summed E-state index contributed by atoms with van der Waals surface area (Å²) >= 11 is 5.45. The molecule has 36 heteroatoms. The molecule has 0 atom stereocenters. The lowest BCUT2D eigenvalue weighted by Crippen LogP contribution is -2.17. The van der Waals surface area contributed by atoms with Crippen molar-refractivity contribution in [1.29, 1.82) is 0 Å². The number of carbonyl (C=O) groups excluding carboxylic acids is 1. The minimum absolute atomic E-state index is 0.224. The molecule has 69 heavy (non-hydrogen) atoms. The standard InChI is InChI=1S/C33H30ClN5O23S7/c34-11-13-63(43,44)12-1-2-27(40)35-23-9-7-19-21(32(23)67(53,54)55)14-26(66(50,51)52)29(31(19)42)39-37-24-10-8-20-22(33(24)68(56,57)58)15-25(65(47,48)49)28(30(20)41)38-36-17-3-5-18(6-4-17)64(45,46)16-62-69(59,60)61/h3-10,14-15,41-42H,1-2,11-13,16H2,(H,35,40)(H,47,48,49)(H,50,51,52)(H,53,54,55)(H,56,57,58)(H,59,60,61). The number of carbonyl (C=O) groups is 1. The Hall–Kier alpha value is -5.41. The van der Waals surface area contributed by atoms with Crippen molar-refractivity contribution in [2.45, 2.75) is 37.3 Å². The van der Waals surface area contributed by atoms with Gasteiger partial charge in [0.25, 0.3) is 40.5 Å². The van der Waals surface area contributed by atoms with E-state index < -0.39 is 181 Å². The summed E-state index contributed by atoms with van der Waals surface area (Å²) in [5, 5.41) is 35.6. The summed E-state index contributed by atoms with van der Waals surface area (Å²) in [6.07, 6.45) is -0.789. The fourth-order valence-corrected chi connectivity index (χ4v) is 12.5. The van der Waals surface area contributed by atoms with Crippen molar-refractivity contribution in [2.24, 2.45) is 20.5 Å². The molecule has 0 spiro atoms. The molecule has 0 radical (unpaired) electrons. The number of anilines is 1. The Bertz CT molecular complexity index is 3830. The first-order valence-corrected chi connectivity index (χ1v) is 29.1. The minimum Gasteiger partial charge on any atom is -0.505 e. The van der Waals surface area contributed by atoms with Gasteiger partial charge in [0.2, 0.25) is 15.7 Å². The summed E-state index contributed by atoms with van der Waals surface area (Å²) in [6.45, 7) is 0. The summed E-state index contributed by atoms with van der Waals surface area (Å²) < 4.78 is 225. The molecular formula is C33H30ClN5O23S7. The van der Waals surface area contributed by atoms with E-state index in [1.54, 1.807) is 0 Å². The zero-order valence-electron chi connectivity index (χ0n) is 33.7.